The first-order valence-corrected chi connectivity index (χ1v) is 11.7. The van der Waals surface area contributed by atoms with Gasteiger partial charge in [-0.3, -0.25) is 9.48 Å². The number of aryl methyl sites for hydroxylation is 1. The van der Waals surface area contributed by atoms with Gasteiger partial charge in [0.1, 0.15) is 11.5 Å². The highest BCUT2D eigenvalue weighted by Crippen LogP contribution is 2.27. The minimum absolute atomic E-state index is 0.0506. The number of amides is 1. The summed E-state index contributed by atoms with van der Waals surface area (Å²) in [6.07, 6.45) is 3.75. The predicted molar refractivity (Wildman–Crippen MR) is 133 cm³/mol. The minimum Gasteiger partial charge on any atom is -0.362 e. The van der Waals surface area contributed by atoms with Crippen LogP contribution in [0.15, 0.2) is 30.3 Å². The van der Waals surface area contributed by atoms with Gasteiger partial charge in [0.05, 0.1) is 11.2 Å². The van der Waals surface area contributed by atoms with Crippen LogP contribution in [0.5, 0.6) is 0 Å². The van der Waals surface area contributed by atoms with Crippen molar-refractivity contribution in [3.63, 3.8) is 0 Å². The molecule has 0 spiro atoms. The number of benzene rings is 1. The molecule has 4 rings (SSSR count). The maximum absolute atomic E-state index is 12.9. The third-order valence-corrected chi connectivity index (χ3v) is 6.28. The Morgan fingerprint density at radius 2 is 1.73 bits per heavy atom. The van der Waals surface area contributed by atoms with Crippen LogP contribution in [0.1, 0.15) is 62.6 Å². The Morgan fingerprint density at radius 1 is 1.06 bits per heavy atom. The number of carbonyl (C=O) groups excluding carboxylic acids is 1. The molecule has 0 radical (unpaired) electrons. The second-order valence-corrected chi connectivity index (χ2v) is 10.2. The lowest BCUT2D eigenvalue weighted by molar-refractivity contribution is 0.0917. The minimum atomic E-state index is -0.0860. The van der Waals surface area contributed by atoms with Crippen molar-refractivity contribution in [1.29, 1.82) is 0 Å². The lowest BCUT2D eigenvalue weighted by Gasteiger charge is -2.30. The molecule has 1 aliphatic rings. The van der Waals surface area contributed by atoms with E-state index in [0.717, 1.165) is 48.1 Å². The number of fused-ring (bicyclic) bond motifs is 1. The lowest BCUT2D eigenvalue weighted by atomic mass is 9.91. The normalized spacial score (nSPS) is 18.8. The zero-order valence-corrected chi connectivity index (χ0v) is 20.5. The number of carbonyl (C=O) groups is 1. The summed E-state index contributed by atoms with van der Waals surface area (Å²) in [5, 5.41) is 12.3. The maximum atomic E-state index is 12.9. The molecule has 2 heterocycles. The first-order chi connectivity index (χ1) is 15.6. The molecular weight excluding hydrogens is 414 g/mol. The van der Waals surface area contributed by atoms with Crippen LogP contribution in [0, 0.1) is 0 Å². The van der Waals surface area contributed by atoms with E-state index in [0.29, 0.717) is 17.7 Å². The van der Waals surface area contributed by atoms with Crippen LogP contribution >= 0.6 is 0 Å². The topological polar surface area (TPSA) is 88.0 Å². The summed E-state index contributed by atoms with van der Waals surface area (Å²) in [5.41, 5.74) is 2.39. The highest BCUT2D eigenvalue weighted by atomic mass is 16.2. The molecule has 8 heteroatoms. The van der Waals surface area contributed by atoms with Gasteiger partial charge in [-0.1, -0.05) is 32.9 Å². The summed E-state index contributed by atoms with van der Waals surface area (Å²) in [6, 6.07) is 10.4. The molecule has 1 fully saturated rings. The number of anilines is 2. The van der Waals surface area contributed by atoms with Crippen LogP contribution in [0.3, 0.4) is 0 Å². The number of aromatic nitrogens is 4. The van der Waals surface area contributed by atoms with Crippen molar-refractivity contribution in [3.8, 4) is 0 Å². The van der Waals surface area contributed by atoms with Crippen molar-refractivity contribution in [1.82, 2.24) is 25.1 Å². The van der Waals surface area contributed by atoms with Crippen molar-refractivity contribution in [2.45, 2.75) is 64.0 Å². The zero-order chi connectivity index (χ0) is 23.8. The van der Waals surface area contributed by atoms with E-state index in [-0.39, 0.29) is 17.4 Å². The summed E-state index contributed by atoms with van der Waals surface area (Å²) < 4.78 is 1.68. The van der Waals surface area contributed by atoms with Gasteiger partial charge in [-0.2, -0.15) is 10.1 Å². The first kappa shape index (κ1) is 23.0. The zero-order valence-electron chi connectivity index (χ0n) is 20.5. The third kappa shape index (κ3) is 5.10. The van der Waals surface area contributed by atoms with Gasteiger partial charge < -0.3 is 15.5 Å². The van der Waals surface area contributed by atoms with E-state index in [1.165, 1.54) is 0 Å². The van der Waals surface area contributed by atoms with Crippen molar-refractivity contribution in [2.75, 3.05) is 24.3 Å². The molecule has 0 unspecified atom stereocenters. The summed E-state index contributed by atoms with van der Waals surface area (Å²) in [6.45, 7) is 6.31. The quantitative estimate of drug-likeness (QED) is 0.615. The van der Waals surface area contributed by atoms with Crippen LogP contribution in [0.4, 0.5) is 11.8 Å². The molecular formula is C25H35N7O. The monoisotopic (exact) mass is 449 g/mol. The molecule has 2 aromatic heterocycles. The van der Waals surface area contributed by atoms with Crippen molar-refractivity contribution in [2.24, 2.45) is 7.05 Å². The Bertz CT molecular complexity index is 1140. The van der Waals surface area contributed by atoms with Crippen LogP contribution in [0.25, 0.3) is 10.9 Å². The van der Waals surface area contributed by atoms with E-state index in [4.69, 9.17) is 9.97 Å². The average Bonchev–Trinajstić information content (AvgIpc) is 3.17. The van der Waals surface area contributed by atoms with Gasteiger partial charge >= 0.3 is 0 Å². The van der Waals surface area contributed by atoms with Gasteiger partial charge in [0.25, 0.3) is 5.91 Å². The Balaban J connectivity index is 1.37. The standard InChI is InChI=1S/C25H35N7O/c1-25(2,3)21-15-20(32(6)30-21)23(33)26-16-11-13-17(14-12-16)27-24-28-19-10-8-7-9-18(19)22(29-24)31(4)5/h7-10,15-17H,11-14H2,1-6H3,(H,26,33)(H,27,28,29). The first-order valence-electron chi connectivity index (χ1n) is 11.7. The summed E-state index contributed by atoms with van der Waals surface area (Å²) in [4.78, 5) is 24.4. The second-order valence-electron chi connectivity index (χ2n) is 10.2. The highest BCUT2D eigenvalue weighted by Gasteiger charge is 2.26. The summed E-state index contributed by atoms with van der Waals surface area (Å²) in [5.74, 6) is 1.52. The SMILES string of the molecule is CN(C)c1nc(NC2CCC(NC(=O)c3cc(C(C)(C)C)nn3C)CC2)nc2ccccc12. The van der Waals surface area contributed by atoms with Gasteiger partial charge in [0.2, 0.25) is 5.95 Å². The van der Waals surface area contributed by atoms with Crippen molar-refractivity contribution >= 4 is 28.6 Å². The maximum Gasteiger partial charge on any atom is 0.269 e. The van der Waals surface area contributed by atoms with Crippen LogP contribution in [-0.4, -0.2) is 51.8 Å². The molecule has 33 heavy (non-hydrogen) atoms. The average molecular weight is 450 g/mol. The molecule has 0 saturated heterocycles. The van der Waals surface area contributed by atoms with Gasteiger partial charge in [0, 0.05) is 44.0 Å². The molecule has 1 aliphatic carbocycles. The number of nitrogens with zero attached hydrogens (tertiary/aromatic N) is 5. The fourth-order valence-electron chi connectivity index (χ4n) is 4.34. The number of hydrogen-bond donors (Lipinski definition) is 2. The number of hydrogen-bond acceptors (Lipinski definition) is 6. The van der Waals surface area contributed by atoms with Gasteiger partial charge in [0.15, 0.2) is 0 Å². The molecule has 0 atom stereocenters. The van der Waals surface area contributed by atoms with Crippen molar-refractivity contribution < 1.29 is 4.79 Å². The molecule has 0 bridgehead atoms. The molecule has 1 aromatic carbocycles. The summed E-state index contributed by atoms with van der Waals surface area (Å²) in [7, 11) is 5.83. The fourth-order valence-corrected chi connectivity index (χ4v) is 4.34. The van der Waals surface area contributed by atoms with E-state index in [1.807, 2.05) is 50.3 Å². The highest BCUT2D eigenvalue weighted by molar-refractivity contribution is 5.93. The molecule has 0 aliphatic heterocycles. The molecule has 3 aromatic rings. The molecule has 2 N–H and O–H groups in total. The van der Waals surface area contributed by atoms with E-state index in [1.54, 1.807) is 4.68 Å². The fraction of sp³-hybridized carbons (Fsp3) is 0.520. The Morgan fingerprint density at radius 3 is 2.36 bits per heavy atom. The molecule has 8 nitrogen and oxygen atoms in total. The van der Waals surface area contributed by atoms with Gasteiger partial charge in [-0.05, 0) is 43.9 Å². The Kier molecular flexibility index (Phi) is 6.28. The Labute approximate surface area is 195 Å². The molecule has 1 amide bonds. The van der Waals surface area contributed by atoms with Gasteiger partial charge in [-0.25, -0.2) is 4.98 Å². The molecule has 1 saturated carbocycles. The smallest absolute Gasteiger partial charge is 0.269 e. The third-order valence-electron chi connectivity index (χ3n) is 6.28. The van der Waals surface area contributed by atoms with Crippen LogP contribution < -0.4 is 15.5 Å². The predicted octanol–water partition coefficient (Wildman–Crippen LogP) is 3.88. The van der Waals surface area contributed by atoms with E-state index in [2.05, 4.69) is 42.6 Å². The van der Waals surface area contributed by atoms with E-state index < -0.39 is 0 Å². The second kappa shape index (κ2) is 9.00. The van der Waals surface area contributed by atoms with Crippen LogP contribution in [-0.2, 0) is 12.5 Å². The lowest BCUT2D eigenvalue weighted by Crippen LogP contribution is -2.40. The van der Waals surface area contributed by atoms with E-state index >= 15 is 0 Å². The Hall–Kier alpha value is -3.16. The van der Waals surface area contributed by atoms with Crippen LogP contribution in [0.2, 0.25) is 0 Å². The molecule has 176 valence electrons. The number of rotatable bonds is 5. The van der Waals surface area contributed by atoms with Gasteiger partial charge in [-0.15, -0.1) is 0 Å². The number of nitrogens with one attached hydrogen (secondary N) is 2. The number of para-hydroxylation sites is 1. The largest absolute Gasteiger partial charge is 0.362 e. The summed E-state index contributed by atoms with van der Waals surface area (Å²) >= 11 is 0. The van der Waals surface area contributed by atoms with E-state index in [9.17, 15) is 4.79 Å². The van der Waals surface area contributed by atoms with Crippen molar-refractivity contribution in [3.05, 3.63) is 41.7 Å².